The topological polar surface area (TPSA) is 104 Å². The molecule has 0 aromatic heterocycles. The van der Waals surface area contributed by atoms with E-state index in [9.17, 15) is 24.9 Å². The van der Waals surface area contributed by atoms with E-state index in [0.29, 0.717) is 37.2 Å². The van der Waals surface area contributed by atoms with Crippen LogP contribution in [0, 0.1) is 39.9 Å². The fraction of sp³-hybridized carbons (Fsp3) is 0.793. The Labute approximate surface area is 248 Å². The van der Waals surface area contributed by atoms with Gasteiger partial charge in [-0.15, -0.1) is 0 Å². The number of carboxylic acids is 1. The largest absolute Gasteiger partial charge is 0.478 e. The molecule has 10 atom stereocenters. The lowest BCUT2D eigenvalue weighted by atomic mass is 9.36. The molecule has 208 valence electrons. The summed E-state index contributed by atoms with van der Waals surface area (Å²) >= 11 is 4.43. The molecule has 8 heteroatoms. The number of halogens is 2. The molecule has 37 heavy (non-hydrogen) atoms. The highest BCUT2D eigenvalue weighted by atomic mass is 127. The molecule has 0 saturated heterocycles. The Morgan fingerprint density at radius 2 is 1.76 bits per heavy atom. The summed E-state index contributed by atoms with van der Waals surface area (Å²) in [7, 11) is 0. The maximum atomic E-state index is 12.6. The van der Waals surface area contributed by atoms with Crippen LogP contribution in [0.15, 0.2) is 18.8 Å². The minimum Gasteiger partial charge on any atom is -0.478 e. The third-order valence-corrected chi connectivity index (χ3v) is 12.2. The van der Waals surface area contributed by atoms with Crippen LogP contribution in [0.5, 0.6) is 0 Å². The first-order valence-electron chi connectivity index (χ1n) is 13.7. The number of hydrogen-bond donors (Lipinski definition) is 3. The summed E-state index contributed by atoms with van der Waals surface area (Å²) in [5.41, 5.74) is 0.409. The SMILES string of the molecule is CC(=O)O[C@H]1C[C@@]2(C)[C@@H](C[C@@H](O)[C@H]3[C@@]4(C)CC[C@@H](O)[C@@H](C)[C@@H]4CC[C@@]32C)/C1=C(\CCC=C(I)I)C(=O)O. The zero-order valence-corrected chi connectivity index (χ0v) is 26.9. The molecule has 4 rings (SSSR count). The van der Waals surface area contributed by atoms with Crippen LogP contribution in [0.4, 0.5) is 0 Å². The Morgan fingerprint density at radius 1 is 1.08 bits per heavy atom. The predicted molar refractivity (Wildman–Crippen MR) is 159 cm³/mol. The number of aliphatic hydroxyl groups excluding tert-OH is 2. The van der Waals surface area contributed by atoms with Crippen LogP contribution in [0.1, 0.15) is 86.0 Å². The molecule has 0 amide bonds. The van der Waals surface area contributed by atoms with Crippen LogP contribution in [0.25, 0.3) is 0 Å². The van der Waals surface area contributed by atoms with Crippen LogP contribution in [0.2, 0.25) is 0 Å². The molecule has 3 N–H and O–H groups in total. The number of fused-ring (bicyclic) bond motifs is 5. The molecule has 0 aromatic carbocycles. The van der Waals surface area contributed by atoms with E-state index in [1.807, 2.05) is 6.08 Å². The molecule has 4 aliphatic rings. The lowest BCUT2D eigenvalue weighted by molar-refractivity contribution is -0.234. The Hall–Kier alpha value is -0.200. The second kappa shape index (κ2) is 10.7. The summed E-state index contributed by atoms with van der Waals surface area (Å²) < 4.78 is 6.95. The van der Waals surface area contributed by atoms with Gasteiger partial charge in [0, 0.05) is 14.1 Å². The van der Waals surface area contributed by atoms with Gasteiger partial charge in [0.1, 0.15) is 6.10 Å². The van der Waals surface area contributed by atoms with Crippen molar-refractivity contribution in [3.8, 4) is 0 Å². The number of rotatable bonds is 5. The van der Waals surface area contributed by atoms with Gasteiger partial charge in [-0.05, 0) is 142 Å². The van der Waals surface area contributed by atoms with Gasteiger partial charge >= 0.3 is 11.9 Å². The van der Waals surface area contributed by atoms with Gasteiger partial charge < -0.3 is 20.1 Å². The van der Waals surface area contributed by atoms with Crippen LogP contribution < -0.4 is 0 Å². The summed E-state index contributed by atoms with van der Waals surface area (Å²) in [4.78, 5) is 24.8. The Kier molecular flexibility index (Phi) is 8.57. The summed E-state index contributed by atoms with van der Waals surface area (Å²) in [6, 6.07) is 0. The highest BCUT2D eigenvalue weighted by molar-refractivity contribution is 14.2. The van der Waals surface area contributed by atoms with Crippen molar-refractivity contribution >= 4 is 57.1 Å². The van der Waals surface area contributed by atoms with E-state index in [4.69, 9.17) is 4.74 Å². The third-order valence-electron chi connectivity index (χ3n) is 11.3. The highest BCUT2D eigenvalue weighted by Gasteiger charge is 2.70. The highest BCUT2D eigenvalue weighted by Crippen LogP contribution is 2.74. The van der Waals surface area contributed by atoms with Crippen molar-refractivity contribution < 1.29 is 29.6 Å². The first-order valence-corrected chi connectivity index (χ1v) is 15.8. The predicted octanol–water partition coefficient (Wildman–Crippen LogP) is 6.41. The number of allylic oxidation sites excluding steroid dienone is 1. The average molecular weight is 740 g/mol. The second-order valence-corrected chi connectivity index (χ2v) is 17.2. The van der Waals surface area contributed by atoms with Crippen molar-refractivity contribution in [1.29, 1.82) is 0 Å². The Morgan fingerprint density at radius 3 is 2.35 bits per heavy atom. The normalized spacial score (nSPS) is 46.2. The molecule has 0 aromatic rings. The maximum absolute atomic E-state index is 12.6. The zero-order valence-electron chi connectivity index (χ0n) is 22.6. The maximum Gasteiger partial charge on any atom is 0.331 e. The second-order valence-electron chi connectivity index (χ2n) is 12.9. The van der Waals surface area contributed by atoms with Crippen molar-refractivity contribution in [2.45, 2.75) is 104 Å². The number of esters is 1. The fourth-order valence-corrected chi connectivity index (χ4v) is 10.2. The van der Waals surface area contributed by atoms with Gasteiger partial charge in [-0.3, -0.25) is 4.79 Å². The zero-order chi connectivity index (χ0) is 27.5. The number of carboxylic acid groups (broad SMARTS) is 1. The monoisotopic (exact) mass is 740 g/mol. The quantitative estimate of drug-likeness (QED) is 0.171. The number of aliphatic hydroxyl groups is 2. The van der Waals surface area contributed by atoms with Gasteiger partial charge in [0.25, 0.3) is 0 Å². The molecule has 0 bridgehead atoms. The standard InChI is InChI=1S/C29H42I2O6/c1-15-18-9-12-28(4)25(27(18,3)11-10-20(15)33)21(34)13-19-24(17(26(35)36)7-6-8-23(30)31)22(37-16(2)32)14-29(19,28)5/h8,15,18-22,25,33-34H,6-7,9-14H2,1-5H3,(H,35,36)/b24-17-/t15-,18-,19-,20+,21+,22-,25-,27-,28-,29-/m0/s1. The Balaban J connectivity index is 1.82. The summed E-state index contributed by atoms with van der Waals surface area (Å²) in [5.74, 6) is -0.925. The first kappa shape index (κ1) is 29.8. The van der Waals surface area contributed by atoms with Crippen LogP contribution in [-0.4, -0.2) is 45.6 Å². The van der Waals surface area contributed by atoms with Gasteiger partial charge in [0.05, 0.1) is 12.2 Å². The van der Waals surface area contributed by atoms with E-state index >= 15 is 0 Å². The van der Waals surface area contributed by atoms with E-state index in [0.717, 1.165) is 32.8 Å². The molecular formula is C29H42I2O6. The van der Waals surface area contributed by atoms with E-state index in [2.05, 4.69) is 72.9 Å². The molecule has 4 fully saturated rings. The van der Waals surface area contributed by atoms with Gasteiger partial charge in [-0.1, -0.05) is 33.8 Å². The van der Waals surface area contributed by atoms with E-state index in [-0.39, 0.29) is 40.1 Å². The minimum absolute atomic E-state index is 0.0455. The minimum atomic E-state index is -0.958. The molecule has 0 radical (unpaired) electrons. The van der Waals surface area contributed by atoms with E-state index in [1.165, 1.54) is 6.92 Å². The first-order chi connectivity index (χ1) is 17.2. The lowest BCUT2D eigenvalue weighted by Crippen LogP contribution is -2.65. The van der Waals surface area contributed by atoms with Gasteiger partial charge in [0.2, 0.25) is 0 Å². The van der Waals surface area contributed by atoms with E-state index < -0.39 is 24.1 Å². The van der Waals surface area contributed by atoms with Crippen molar-refractivity contribution in [3.63, 3.8) is 0 Å². The number of carbonyl (C=O) groups is 2. The van der Waals surface area contributed by atoms with Gasteiger partial charge in [-0.25, -0.2) is 4.79 Å². The summed E-state index contributed by atoms with van der Waals surface area (Å²) in [6.45, 7) is 10.4. The third kappa shape index (κ3) is 4.85. The van der Waals surface area contributed by atoms with Crippen molar-refractivity contribution in [3.05, 3.63) is 18.8 Å². The van der Waals surface area contributed by atoms with Crippen molar-refractivity contribution in [1.82, 2.24) is 0 Å². The number of hydrogen-bond acceptors (Lipinski definition) is 5. The molecule has 0 heterocycles. The van der Waals surface area contributed by atoms with Gasteiger partial charge in [0.15, 0.2) is 0 Å². The Bertz CT molecular complexity index is 1000. The molecular weight excluding hydrogens is 698 g/mol. The summed E-state index contributed by atoms with van der Waals surface area (Å²) in [5, 5.41) is 32.9. The number of carbonyl (C=O) groups excluding carboxylic acids is 1. The van der Waals surface area contributed by atoms with Crippen LogP contribution in [-0.2, 0) is 14.3 Å². The molecule has 0 spiro atoms. The summed E-state index contributed by atoms with van der Waals surface area (Å²) in [6.07, 6.45) is 6.15. The number of ether oxygens (including phenoxy) is 1. The molecule has 0 unspecified atom stereocenters. The molecule has 4 saturated carbocycles. The smallest absolute Gasteiger partial charge is 0.331 e. The van der Waals surface area contributed by atoms with Crippen LogP contribution >= 0.6 is 45.2 Å². The van der Waals surface area contributed by atoms with Gasteiger partial charge in [-0.2, -0.15) is 0 Å². The molecule has 4 aliphatic carbocycles. The average Bonchev–Trinajstić information content (AvgIpc) is 3.05. The van der Waals surface area contributed by atoms with Crippen molar-refractivity contribution in [2.75, 3.05) is 0 Å². The molecule has 6 nitrogen and oxygen atoms in total. The molecule has 0 aliphatic heterocycles. The van der Waals surface area contributed by atoms with Crippen LogP contribution in [0.3, 0.4) is 0 Å². The number of aliphatic carboxylic acids is 1. The lowest BCUT2D eigenvalue weighted by Gasteiger charge is -2.69. The fourth-order valence-electron chi connectivity index (χ4n) is 9.61. The van der Waals surface area contributed by atoms with E-state index in [1.54, 1.807) is 0 Å². The van der Waals surface area contributed by atoms with Crippen molar-refractivity contribution in [2.24, 2.45) is 39.9 Å².